The topological polar surface area (TPSA) is 50.4 Å². The zero-order chi connectivity index (χ0) is 13.9. The maximum atomic E-state index is 11.4. The Morgan fingerprint density at radius 3 is 2.80 bits per heavy atom. The highest BCUT2D eigenvalue weighted by Gasteiger charge is 2.17. The molecule has 0 aliphatic rings. The minimum atomic E-state index is -0.847. The van der Waals surface area contributed by atoms with Gasteiger partial charge in [0.05, 0.1) is 12.0 Å². The summed E-state index contributed by atoms with van der Waals surface area (Å²) in [5, 5.41) is 10.4. The van der Waals surface area contributed by atoms with E-state index in [4.69, 9.17) is 4.42 Å². The smallest absolute Gasteiger partial charge is 0.346 e. The maximum Gasteiger partial charge on any atom is 0.346 e. The molecule has 2 aromatic heterocycles. The lowest BCUT2D eigenvalue weighted by Crippen LogP contribution is -1.96. The van der Waals surface area contributed by atoms with E-state index >= 15 is 0 Å². The van der Waals surface area contributed by atoms with Crippen LogP contribution in [-0.4, -0.2) is 11.1 Å². The fourth-order valence-electron chi connectivity index (χ4n) is 2.06. The summed E-state index contributed by atoms with van der Waals surface area (Å²) >= 11 is 3.01. The number of hydrogen-bond acceptors (Lipinski definition) is 4. The Labute approximate surface area is 124 Å². The van der Waals surface area contributed by atoms with Gasteiger partial charge in [0.1, 0.15) is 10.6 Å². The summed E-state index contributed by atoms with van der Waals surface area (Å²) in [7, 11) is 0. The summed E-state index contributed by atoms with van der Waals surface area (Å²) in [5.74, 6) is 1.48. The van der Waals surface area contributed by atoms with Crippen molar-refractivity contribution in [2.24, 2.45) is 0 Å². The summed E-state index contributed by atoms with van der Waals surface area (Å²) < 4.78 is 6.31. The van der Waals surface area contributed by atoms with Gasteiger partial charge in [0.25, 0.3) is 0 Å². The summed E-state index contributed by atoms with van der Waals surface area (Å²) in [5.41, 5.74) is 0.912. The van der Waals surface area contributed by atoms with Gasteiger partial charge in [-0.3, -0.25) is 0 Å². The number of carbonyl (C=O) groups is 1. The molecule has 0 radical (unpaired) electrons. The van der Waals surface area contributed by atoms with Gasteiger partial charge in [0.15, 0.2) is 0 Å². The van der Waals surface area contributed by atoms with Gasteiger partial charge in [-0.2, -0.15) is 0 Å². The maximum absolute atomic E-state index is 11.4. The van der Waals surface area contributed by atoms with Crippen LogP contribution in [0.1, 0.15) is 21.0 Å². The van der Waals surface area contributed by atoms with Crippen molar-refractivity contribution in [3.63, 3.8) is 0 Å². The number of carboxylic acid groups (broad SMARTS) is 1. The van der Waals surface area contributed by atoms with Crippen LogP contribution < -0.4 is 0 Å². The first-order chi connectivity index (χ1) is 9.75. The quantitative estimate of drug-likeness (QED) is 0.747. The van der Waals surface area contributed by atoms with E-state index < -0.39 is 5.97 Å². The number of carboxylic acids is 1. The van der Waals surface area contributed by atoms with Crippen LogP contribution in [0.15, 0.2) is 47.1 Å². The van der Waals surface area contributed by atoms with Gasteiger partial charge in [-0.25, -0.2) is 4.79 Å². The lowest BCUT2D eigenvalue weighted by atomic mass is 10.1. The molecule has 3 aromatic rings. The second-order valence-corrected chi connectivity index (χ2v) is 6.32. The summed E-state index contributed by atoms with van der Waals surface area (Å²) in [6, 6.07) is 11.6. The van der Waals surface area contributed by atoms with Crippen LogP contribution in [0.25, 0.3) is 10.1 Å². The summed E-state index contributed by atoms with van der Waals surface area (Å²) in [6.07, 6.45) is 1.65. The lowest BCUT2D eigenvalue weighted by molar-refractivity contribution is 0.0701. The summed E-state index contributed by atoms with van der Waals surface area (Å²) in [4.78, 5) is 11.8. The Morgan fingerprint density at radius 2 is 2.05 bits per heavy atom. The molecule has 0 aliphatic carbocycles. The Balaban J connectivity index is 1.85. The van der Waals surface area contributed by atoms with Gasteiger partial charge in [-0.15, -0.1) is 23.1 Å². The fourth-order valence-corrected chi connectivity index (χ4v) is 4.19. The van der Waals surface area contributed by atoms with E-state index in [-0.39, 0.29) is 0 Å². The number of thiophene rings is 1. The number of thioether (sulfide) groups is 1. The molecule has 102 valence electrons. The normalized spacial score (nSPS) is 11.0. The van der Waals surface area contributed by atoms with Crippen LogP contribution in [0.2, 0.25) is 0 Å². The number of aromatic carboxylic acids is 1. The van der Waals surface area contributed by atoms with E-state index in [1.54, 1.807) is 18.0 Å². The molecular weight excluding hydrogens is 292 g/mol. The second kappa shape index (κ2) is 5.73. The lowest BCUT2D eigenvalue weighted by Gasteiger charge is -2.01. The molecule has 0 unspecified atom stereocenters. The number of rotatable bonds is 5. The molecule has 0 spiro atoms. The molecule has 0 saturated carbocycles. The highest BCUT2D eigenvalue weighted by atomic mass is 32.2. The molecule has 1 aromatic carbocycles. The van der Waals surface area contributed by atoms with E-state index in [0.717, 1.165) is 27.2 Å². The molecule has 0 saturated heterocycles. The highest BCUT2D eigenvalue weighted by molar-refractivity contribution is 7.97. The zero-order valence-corrected chi connectivity index (χ0v) is 12.2. The average Bonchev–Trinajstić information content (AvgIpc) is 3.07. The van der Waals surface area contributed by atoms with Crippen molar-refractivity contribution in [1.82, 2.24) is 0 Å². The second-order valence-electron chi connectivity index (χ2n) is 4.28. The standard InChI is InChI=1S/C15H12O3S2/c16-15(17)14-12(9-19-8-10-4-3-7-18-10)11-5-1-2-6-13(11)20-14/h1-7H,8-9H2,(H,16,17). The number of benzene rings is 1. The van der Waals surface area contributed by atoms with Crippen molar-refractivity contribution < 1.29 is 14.3 Å². The van der Waals surface area contributed by atoms with Crippen LogP contribution in [0.5, 0.6) is 0 Å². The molecular formula is C15H12O3S2. The van der Waals surface area contributed by atoms with Gasteiger partial charge in [0.2, 0.25) is 0 Å². The van der Waals surface area contributed by atoms with Crippen molar-refractivity contribution in [2.45, 2.75) is 11.5 Å². The Bertz CT molecular complexity index is 729. The molecule has 0 aliphatic heterocycles. The third-order valence-corrected chi connectivity index (χ3v) is 5.15. The molecule has 0 fully saturated rings. The van der Waals surface area contributed by atoms with E-state index in [2.05, 4.69) is 0 Å². The molecule has 3 rings (SSSR count). The van der Waals surface area contributed by atoms with E-state index in [0.29, 0.717) is 10.6 Å². The minimum absolute atomic E-state index is 0.443. The van der Waals surface area contributed by atoms with Crippen molar-refractivity contribution >= 4 is 39.2 Å². The molecule has 0 bridgehead atoms. The van der Waals surface area contributed by atoms with Crippen molar-refractivity contribution in [3.8, 4) is 0 Å². The molecule has 0 amide bonds. The first kappa shape index (κ1) is 13.3. The average molecular weight is 304 g/mol. The Morgan fingerprint density at radius 1 is 1.20 bits per heavy atom. The van der Waals surface area contributed by atoms with Crippen LogP contribution in [0.4, 0.5) is 0 Å². The van der Waals surface area contributed by atoms with Crippen molar-refractivity contribution in [2.75, 3.05) is 0 Å². The number of hydrogen-bond donors (Lipinski definition) is 1. The van der Waals surface area contributed by atoms with E-state index in [1.807, 2.05) is 36.4 Å². The molecule has 3 nitrogen and oxygen atoms in total. The van der Waals surface area contributed by atoms with Crippen LogP contribution in [0, 0.1) is 0 Å². The largest absolute Gasteiger partial charge is 0.477 e. The van der Waals surface area contributed by atoms with Gasteiger partial charge in [-0.1, -0.05) is 18.2 Å². The fraction of sp³-hybridized carbons (Fsp3) is 0.133. The third kappa shape index (κ3) is 2.59. The van der Waals surface area contributed by atoms with Gasteiger partial charge in [-0.05, 0) is 29.1 Å². The predicted octanol–water partition coefficient (Wildman–Crippen LogP) is 4.63. The third-order valence-electron chi connectivity index (χ3n) is 2.96. The van der Waals surface area contributed by atoms with Crippen molar-refractivity contribution in [3.05, 3.63) is 58.9 Å². The van der Waals surface area contributed by atoms with Gasteiger partial charge in [0, 0.05) is 10.5 Å². The van der Waals surface area contributed by atoms with Crippen LogP contribution in [-0.2, 0) is 11.5 Å². The first-order valence-corrected chi connectivity index (χ1v) is 8.06. The SMILES string of the molecule is O=C(O)c1sc2ccccc2c1CSCc1ccco1. The monoisotopic (exact) mass is 304 g/mol. The Kier molecular flexibility index (Phi) is 3.80. The Hall–Kier alpha value is -1.72. The zero-order valence-electron chi connectivity index (χ0n) is 10.5. The molecule has 1 N–H and O–H groups in total. The van der Waals surface area contributed by atoms with Crippen LogP contribution in [0.3, 0.4) is 0 Å². The van der Waals surface area contributed by atoms with Gasteiger partial charge >= 0.3 is 5.97 Å². The van der Waals surface area contributed by atoms with E-state index in [1.165, 1.54) is 11.3 Å². The van der Waals surface area contributed by atoms with E-state index in [9.17, 15) is 9.90 Å². The number of fused-ring (bicyclic) bond motifs is 1. The summed E-state index contributed by atoms with van der Waals surface area (Å²) in [6.45, 7) is 0. The molecule has 5 heteroatoms. The van der Waals surface area contributed by atoms with Crippen LogP contribution >= 0.6 is 23.1 Å². The first-order valence-electron chi connectivity index (χ1n) is 6.09. The molecule has 2 heterocycles. The highest BCUT2D eigenvalue weighted by Crippen LogP contribution is 2.34. The number of furan rings is 1. The van der Waals surface area contributed by atoms with Crippen molar-refractivity contribution in [1.29, 1.82) is 0 Å². The predicted molar refractivity (Wildman–Crippen MR) is 82.5 cm³/mol. The van der Waals surface area contributed by atoms with Gasteiger partial charge < -0.3 is 9.52 Å². The molecule has 20 heavy (non-hydrogen) atoms. The molecule has 0 atom stereocenters. The minimum Gasteiger partial charge on any atom is -0.477 e.